The van der Waals surface area contributed by atoms with Gasteiger partial charge >= 0.3 is 0 Å². The lowest BCUT2D eigenvalue weighted by Gasteiger charge is -2.08. The maximum absolute atomic E-state index is 11.7. The second-order valence-electron chi connectivity index (χ2n) is 4.01. The molecule has 0 saturated carbocycles. The van der Waals surface area contributed by atoms with E-state index in [-0.39, 0.29) is 11.3 Å². The summed E-state index contributed by atoms with van der Waals surface area (Å²) in [6.45, 7) is 3.95. The van der Waals surface area contributed by atoms with E-state index < -0.39 is 0 Å². The molecule has 0 aromatic carbocycles. The average Bonchev–Trinajstić information content (AvgIpc) is 2.74. The Hall–Kier alpha value is -2.31. The van der Waals surface area contributed by atoms with Crippen LogP contribution in [0.15, 0.2) is 11.1 Å². The number of anilines is 1. The predicted molar refractivity (Wildman–Crippen MR) is 71.7 cm³/mol. The Labute approximate surface area is 110 Å². The molecule has 0 aliphatic rings. The third-order valence-electron chi connectivity index (χ3n) is 2.96. The van der Waals surface area contributed by atoms with Crippen molar-refractivity contribution in [1.29, 1.82) is 0 Å². The SMILES string of the molecule is CCc1nn(-c2nc[nH]c(=O)c2OC)c(CC)c1N. The third-order valence-corrected chi connectivity index (χ3v) is 2.96. The molecule has 7 heteroatoms. The summed E-state index contributed by atoms with van der Waals surface area (Å²) in [5.41, 5.74) is 7.98. The highest BCUT2D eigenvalue weighted by Crippen LogP contribution is 2.24. The van der Waals surface area contributed by atoms with Crippen LogP contribution >= 0.6 is 0 Å². The molecule has 2 heterocycles. The third kappa shape index (κ3) is 2.07. The average molecular weight is 263 g/mol. The number of aryl methyl sites for hydroxylation is 1. The number of ether oxygens (including phenoxy) is 1. The smallest absolute Gasteiger partial charge is 0.295 e. The Morgan fingerprint density at radius 2 is 2.16 bits per heavy atom. The molecule has 19 heavy (non-hydrogen) atoms. The molecule has 0 aliphatic carbocycles. The van der Waals surface area contributed by atoms with E-state index in [1.807, 2.05) is 13.8 Å². The maximum atomic E-state index is 11.7. The van der Waals surface area contributed by atoms with Crippen LogP contribution in [0, 0.1) is 0 Å². The van der Waals surface area contributed by atoms with Crippen LogP contribution in [-0.4, -0.2) is 26.9 Å². The van der Waals surface area contributed by atoms with Crippen molar-refractivity contribution in [3.63, 3.8) is 0 Å². The number of nitrogens with zero attached hydrogens (tertiary/aromatic N) is 3. The lowest BCUT2D eigenvalue weighted by Crippen LogP contribution is -2.16. The van der Waals surface area contributed by atoms with Crippen LogP contribution in [0.5, 0.6) is 5.75 Å². The largest absolute Gasteiger partial charge is 0.488 e. The van der Waals surface area contributed by atoms with E-state index in [1.165, 1.54) is 13.4 Å². The van der Waals surface area contributed by atoms with Gasteiger partial charge in [-0.2, -0.15) is 5.10 Å². The lowest BCUT2D eigenvalue weighted by atomic mass is 10.2. The number of nitrogens with two attached hydrogens (primary N) is 1. The Balaban J connectivity index is 2.72. The second-order valence-corrected chi connectivity index (χ2v) is 4.01. The topological polar surface area (TPSA) is 98.8 Å². The maximum Gasteiger partial charge on any atom is 0.295 e. The molecule has 2 rings (SSSR count). The van der Waals surface area contributed by atoms with Crippen LogP contribution in [0.2, 0.25) is 0 Å². The minimum absolute atomic E-state index is 0.127. The van der Waals surface area contributed by atoms with Gasteiger partial charge in [-0.3, -0.25) is 4.79 Å². The molecule has 2 aromatic rings. The first-order valence-corrected chi connectivity index (χ1v) is 6.12. The van der Waals surface area contributed by atoms with Crippen LogP contribution < -0.4 is 16.0 Å². The Morgan fingerprint density at radius 1 is 1.42 bits per heavy atom. The van der Waals surface area contributed by atoms with E-state index in [1.54, 1.807) is 4.68 Å². The van der Waals surface area contributed by atoms with Crippen LogP contribution in [0.3, 0.4) is 0 Å². The quantitative estimate of drug-likeness (QED) is 0.844. The van der Waals surface area contributed by atoms with Gasteiger partial charge in [0.15, 0.2) is 0 Å². The Morgan fingerprint density at radius 3 is 2.74 bits per heavy atom. The summed E-state index contributed by atoms with van der Waals surface area (Å²) in [5, 5.41) is 4.42. The normalized spacial score (nSPS) is 10.7. The number of nitrogen functional groups attached to an aromatic ring is 1. The van der Waals surface area contributed by atoms with Crippen LogP contribution in [-0.2, 0) is 12.8 Å². The van der Waals surface area contributed by atoms with Gasteiger partial charge in [0.1, 0.15) is 0 Å². The van der Waals surface area contributed by atoms with Crippen molar-refractivity contribution in [3.05, 3.63) is 28.1 Å². The number of nitrogens with one attached hydrogen (secondary N) is 1. The molecule has 0 atom stereocenters. The first-order chi connectivity index (χ1) is 9.13. The van der Waals surface area contributed by atoms with Crippen molar-refractivity contribution in [2.45, 2.75) is 26.7 Å². The monoisotopic (exact) mass is 263 g/mol. The van der Waals surface area contributed by atoms with Gasteiger partial charge in [0.05, 0.1) is 30.5 Å². The fourth-order valence-electron chi connectivity index (χ4n) is 2.00. The summed E-state index contributed by atoms with van der Waals surface area (Å²) in [6, 6.07) is 0. The Kier molecular flexibility index (Phi) is 3.55. The highest BCUT2D eigenvalue weighted by Gasteiger charge is 2.19. The van der Waals surface area contributed by atoms with Crippen molar-refractivity contribution in [2.75, 3.05) is 12.8 Å². The number of H-pyrrole nitrogens is 1. The number of hydrogen-bond donors (Lipinski definition) is 2. The zero-order valence-electron chi connectivity index (χ0n) is 11.2. The molecule has 102 valence electrons. The molecule has 0 fully saturated rings. The van der Waals surface area contributed by atoms with Gasteiger partial charge < -0.3 is 15.5 Å². The van der Waals surface area contributed by atoms with Crippen LogP contribution in [0.4, 0.5) is 5.69 Å². The molecule has 0 bridgehead atoms. The Bertz CT molecular complexity index is 644. The van der Waals surface area contributed by atoms with Gasteiger partial charge in [-0.1, -0.05) is 13.8 Å². The highest BCUT2D eigenvalue weighted by atomic mass is 16.5. The van der Waals surface area contributed by atoms with Crippen molar-refractivity contribution < 1.29 is 4.74 Å². The molecule has 0 radical (unpaired) electrons. The molecule has 0 spiro atoms. The summed E-state index contributed by atoms with van der Waals surface area (Å²) in [5.74, 6) is 0.483. The van der Waals surface area contributed by atoms with E-state index in [9.17, 15) is 4.79 Å². The minimum Gasteiger partial charge on any atom is -0.488 e. The molecule has 7 nitrogen and oxygen atoms in total. The molecule has 0 amide bonds. The van der Waals surface area contributed by atoms with Gasteiger partial charge in [0.2, 0.25) is 11.6 Å². The van der Waals surface area contributed by atoms with Gasteiger partial charge in [0, 0.05) is 0 Å². The fraction of sp³-hybridized carbons (Fsp3) is 0.417. The number of methoxy groups -OCH3 is 1. The first-order valence-electron chi connectivity index (χ1n) is 6.12. The van der Waals surface area contributed by atoms with Crippen molar-refractivity contribution in [1.82, 2.24) is 19.7 Å². The summed E-state index contributed by atoms with van der Waals surface area (Å²) in [6.07, 6.45) is 2.73. The number of hydrogen-bond acceptors (Lipinski definition) is 5. The zero-order valence-corrected chi connectivity index (χ0v) is 11.2. The molecular formula is C12H17N5O2. The summed E-state index contributed by atoms with van der Waals surface area (Å²) in [4.78, 5) is 18.3. The number of rotatable bonds is 4. The molecule has 2 aromatic heterocycles. The predicted octanol–water partition coefficient (Wildman–Crippen LogP) is 0.671. The zero-order chi connectivity index (χ0) is 14.0. The highest BCUT2D eigenvalue weighted by molar-refractivity contribution is 5.52. The first kappa shape index (κ1) is 13.1. The molecule has 0 saturated heterocycles. The van der Waals surface area contributed by atoms with Crippen molar-refractivity contribution >= 4 is 5.69 Å². The van der Waals surface area contributed by atoms with E-state index in [2.05, 4.69) is 15.1 Å². The van der Waals surface area contributed by atoms with E-state index >= 15 is 0 Å². The van der Waals surface area contributed by atoms with E-state index in [4.69, 9.17) is 10.5 Å². The van der Waals surface area contributed by atoms with Gasteiger partial charge in [-0.05, 0) is 12.8 Å². The summed E-state index contributed by atoms with van der Waals surface area (Å²) >= 11 is 0. The van der Waals surface area contributed by atoms with E-state index in [0.717, 1.165) is 17.8 Å². The summed E-state index contributed by atoms with van der Waals surface area (Å²) in [7, 11) is 1.43. The standard InChI is InChI=1S/C12H17N5O2/c1-4-7-9(13)8(5-2)17(16-7)11-10(19-3)12(18)15-6-14-11/h6H,4-5,13H2,1-3H3,(H,14,15,18). The van der Waals surface area contributed by atoms with Crippen LogP contribution in [0.1, 0.15) is 25.2 Å². The molecule has 0 aliphatic heterocycles. The molecule has 3 N–H and O–H groups in total. The fourth-order valence-corrected chi connectivity index (χ4v) is 2.00. The van der Waals surface area contributed by atoms with Gasteiger partial charge in [-0.15, -0.1) is 0 Å². The van der Waals surface area contributed by atoms with Gasteiger partial charge in [-0.25, -0.2) is 9.67 Å². The van der Waals surface area contributed by atoms with E-state index in [0.29, 0.717) is 17.9 Å². The summed E-state index contributed by atoms with van der Waals surface area (Å²) < 4.78 is 6.69. The number of aromatic amines is 1. The molecule has 0 unspecified atom stereocenters. The van der Waals surface area contributed by atoms with Crippen molar-refractivity contribution in [2.24, 2.45) is 0 Å². The lowest BCUT2D eigenvalue weighted by molar-refractivity contribution is 0.401. The van der Waals surface area contributed by atoms with Gasteiger partial charge in [0.25, 0.3) is 5.56 Å². The second kappa shape index (κ2) is 5.13. The number of aromatic nitrogens is 4. The molecular weight excluding hydrogens is 246 g/mol. The minimum atomic E-state index is -0.346. The van der Waals surface area contributed by atoms with Crippen molar-refractivity contribution in [3.8, 4) is 11.6 Å². The van der Waals surface area contributed by atoms with Crippen LogP contribution in [0.25, 0.3) is 5.82 Å².